The Morgan fingerprint density at radius 1 is 1.14 bits per heavy atom. The summed E-state index contributed by atoms with van der Waals surface area (Å²) in [6.07, 6.45) is -4.47. The number of nitrogens with zero attached hydrogens (tertiary/aromatic N) is 4. The van der Waals surface area contributed by atoms with Gasteiger partial charge in [0.05, 0.1) is 36.1 Å². The van der Waals surface area contributed by atoms with Gasteiger partial charge in [-0.05, 0) is 37.3 Å². The summed E-state index contributed by atoms with van der Waals surface area (Å²) >= 11 is 0. The molecule has 1 N–H and O–H groups in total. The van der Waals surface area contributed by atoms with Crippen molar-refractivity contribution in [1.82, 2.24) is 9.78 Å². The molecule has 4 rings (SSSR count). The van der Waals surface area contributed by atoms with Crippen molar-refractivity contribution in [3.05, 3.63) is 77.1 Å². The summed E-state index contributed by atoms with van der Waals surface area (Å²) in [6.45, 7) is 1.84. The van der Waals surface area contributed by atoms with Crippen LogP contribution in [0.2, 0.25) is 0 Å². The number of nitrogens with one attached hydrogen (secondary N) is 1. The highest BCUT2D eigenvalue weighted by Gasteiger charge is 2.58. The van der Waals surface area contributed by atoms with E-state index in [4.69, 9.17) is 5.26 Å². The van der Waals surface area contributed by atoms with Crippen molar-refractivity contribution in [3.8, 4) is 6.07 Å². The molecule has 0 unspecified atom stereocenters. The Morgan fingerprint density at radius 3 is 2.46 bits per heavy atom. The molecule has 0 aliphatic carbocycles. The van der Waals surface area contributed by atoms with Crippen molar-refractivity contribution in [2.75, 3.05) is 10.2 Å². The molecule has 0 bridgehead atoms. The zero-order chi connectivity index (χ0) is 25.5. The molecule has 3 aromatic rings. The Balaban J connectivity index is 1.62. The Kier molecular flexibility index (Phi) is 5.80. The van der Waals surface area contributed by atoms with Crippen LogP contribution in [0.25, 0.3) is 0 Å². The number of hydrogen-bond acceptors (Lipinski definition) is 4. The van der Waals surface area contributed by atoms with Crippen LogP contribution >= 0.6 is 0 Å². The number of hydrogen-bond donors (Lipinski definition) is 1. The van der Waals surface area contributed by atoms with Gasteiger partial charge in [-0.3, -0.25) is 14.3 Å². The lowest BCUT2D eigenvalue weighted by Gasteiger charge is -2.34. The van der Waals surface area contributed by atoms with Gasteiger partial charge in [0.25, 0.3) is 11.8 Å². The van der Waals surface area contributed by atoms with Gasteiger partial charge in [-0.15, -0.1) is 0 Å². The molecule has 2 amide bonds. The topological polar surface area (TPSA) is 91.0 Å². The molecule has 12 heteroatoms. The van der Waals surface area contributed by atoms with Crippen LogP contribution in [0.1, 0.15) is 38.9 Å². The van der Waals surface area contributed by atoms with E-state index in [9.17, 15) is 31.5 Å². The second-order valence-corrected chi connectivity index (χ2v) is 7.88. The highest BCUT2D eigenvalue weighted by atomic mass is 19.4. The van der Waals surface area contributed by atoms with Crippen molar-refractivity contribution in [2.45, 2.75) is 31.6 Å². The molecule has 35 heavy (non-hydrogen) atoms. The number of benzene rings is 2. The monoisotopic (exact) mass is 489 g/mol. The van der Waals surface area contributed by atoms with E-state index in [1.165, 1.54) is 40.0 Å². The summed E-state index contributed by atoms with van der Waals surface area (Å²) in [5.41, 5.74) is -0.597. The number of amides is 2. The molecule has 0 saturated heterocycles. The van der Waals surface area contributed by atoms with Crippen LogP contribution in [0.15, 0.2) is 54.7 Å². The van der Waals surface area contributed by atoms with Gasteiger partial charge in [0.1, 0.15) is 5.69 Å². The second kappa shape index (κ2) is 8.50. The summed E-state index contributed by atoms with van der Waals surface area (Å²) in [6, 6.07) is 10.6. The quantitative estimate of drug-likeness (QED) is 0.538. The molecule has 2 heterocycles. The molecule has 1 aliphatic rings. The van der Waals surface area contributed by atoms with E-state index < -0.39 is 35.5 Å². The number of nitriles is 1. The Labute approximate surface area is 195 Å². The maximum atomic E-state index is 13.6. The number of fused-ring (bicyclic) bond motifs is 1. The highest BCUT2D eigenvalue weighted by molar-refractivity contribution is 6.13. The van der Waals surface area contributed by atoms with Gasteiger partial charge in [-0.25, -0.2) is 0 Å². The van der Waals surface area contributed by atoms with Crippen molar-refractivity contribution < 1.29 is 31.5 Å². The minimum absolute atomic E-state index is 0.0117. The van der Waals surface area contributed by atoms with Crippen molar-refractivity contribution >= 4 is 23.2 Å². The summed E-state index contributed by atoms with van der Waals surface area (Å²) in [7, 11) is 0. The number of anilines is 2. The minimum atomic E-state index is -5.75. The fraction of sp³-hybridized carbons (Fsp3) is 0.217. The van der Waals surface area contributed by atoms with Crippen LogP contribution in [0.4, 0.5) is 33.3 Å². The van der Waals surface area contributed by atoms with Crippen LogP contribution in [-0.4, -0.2) is 33.8 Å². The number of halogens is 5. The molecule has 0 radical (unpaired) electrons. The molecule has 7 nitrogen and oxygen atoms in total. The lowest BCUT2D eigenvalue weighted by atomic mass is 10.1. The number of aromatic nitrogens is 2. The Hall–Kier alpha value is -4.27. The van der Waals surface area contributed by atoms with E-state index in [1.807, 2.05) is 6.07 Å². The molecule has 1 aromatic heterocycles. The first-order valence-electron chi connectivity index (χ1n) is 10.2. The smallest absolute Gasteiger partial charge is 0.319 e. The standard InChI is InChI=1S/C23H16F5N5O2/c1-13-12-32-19(18(11-30-32)31-20(34)15-4-2-3-14(9-15)10-29)21(35)33(13)17-7-5-16(6-8-17)22(24,25)23(26,27)28/h2-9,11,13H,12H2,1H3,(H,31,34)/t13-/m0/s1. The first-order chi connectivity index (χ1) is 16.4. The highest BCUT2D eigenvalue weighted by Crippen LogP contribution is 2.44. The molecule has 180 valence electrons. The van der Waals surface area contributed by atoms with Crippen LogP contribution in [0, 0.1) is 11.3 Å². The van der Waals surface area contributed by atoms with E-state index in [0.29, 0.717) is 12.1 Å². The lowest BCUT2D eigenvalue weighted by molar-refractivity contribution is -0.289. The maximum absolute atomic E-state index is 13.6. The van der Waals surface area contributed by atoms with Crippen LogP contribution in [0.5, 0.6) is 0 Å². The summed E-state index contributed by atoms with van der Waals surface area (Å²) < 4.78 is 66.6. The maximum Gasteiger partial charge on any atom is 0.458 e. The first-order valence-corrected chi connectivity index (χ1v) is 10.2. The van der Waals surface area contributed by atoms with E-state index in [0.717, 1.165) is 12.1 Å². The van der Waals surface area contributed by atoms with E-state index in [-0.39, 0.29) is 34.7 Å². The van der Waals surface area contributed by atoms with Gasteiger partial charge in [0.15, 0.2) is 0 Å². The molecular weight excluding hydrogens is 473 g/mol. The average molecular weight is 489 g/mol. The van der Waals surface area contributed by atoms with Gasteiger partial charge in [0, 0.05) is 16.8 Å². The number of carbonyl (C=O) groups excluding carboxylic acids is 2. The number of carbonyl (C=O) groups is 2. The average Bonchev–Trinajstić information content (AvgIpc) is 3.21. The number of rotatable bonds is 4. The zero-order valence-electron chi connectivity index (χ0n) is 18.0. The van der Waals surface area contributed by atoms with Crippen LogP contribution < -0.4 is 10.2 Å². The molecule has 0 fully saturated rings. The zero-order valence-corrected chi connectivity index (χ0v) is 18.0. The van der Waals surface area contributed by atoms with Gasteiger partial charge in [0.2, 0.25) is 0 Å². The summed E-state index contributed by atoms with van der Waals surface area (Å²) in [5, 5.41) is 15.7. The third-order valence-electron chi connectivity index (χ3n) is 5.50. The predicted molar refractivity (Wildman–Crippen MR) is 114 cm³/mol. The van der Waals surface area contributed by atoms with Crippen molar-refractivity contribution in [1.29, 1.82) is 5.26 Å². The van der Waals surface area contributed by atoms with E-state index in [1.54, 1.807) is 6.92 Å². The fourth-order valence-corrected chi connectivity index (χ4v) is 3.78. The first kappa shape index (κ1) is 23.9. The van der Waals surface area contributed by atoms with Gasteiger partial charge in [-0.2, -0.15) is 32.3 Å². The molecule has 0 saturated carbocycles. The lowest BCUT2D eigenvalue weighted by Crippen LogP contribution is -2.47. The Morgan fingerprint density at radius 2 is 1.83 bits per heavy atom. The van der Waals surface area contributed by atoms with Gasteiger partial charge in [-0.1, -0.05) is 18.2 Å². The SMILES string of the molecule is C[C@H]1Cn2ncc(NC(=O)c3cccc(C#N)c3)c2C(=O)N1c1ccc(C(F)(F)C(F)(F)F)cc1. The van der Waals surface area contributed by atoms with E-state index in [2.05, 4.69) is 10.4 Å². The third-order valence-corrected chi connectivity index (χ3v) is 5.50. The van der Waals surface area contributed by atoms with E-state index >= 15 is 0 Å². The van der Waals surface area contributed by atoms with Crippen LogP contribution in [0.3, 0.4) is 0 Å². The molecular formula is C23H16F5N5O2. The molecule has 1 aliphatic heterocycles. The predicted octanol–water partition coefficient (Wildman–Crippen LogP) is 4.71. The molecule has 2 aromatic carbocycles. The summed E-state index contributed by atoms with van der Waals surface area (Å²) in [5.74, 6) is -6.26. The fourth-order valence-electron chi connectivity index (χ4n) is 3.78. The van der Waals surface area contributed by atoms with Crippen LogP contribution in [-0.2, 0) is 12.5 Å². The normalized spacial score (nSPS) is 16.0. The van der Waals surface area contributed by atoms with Gasteiger partial charge < -0.3 is 10.2 Å². The molecule has 1 atom stereocenters. The second-order valence-electron chi connectivity index (χ2n) is 7.88. The largest absolute Gasteiger partial charge is 0.458 e. The summed E-state index contributed by atoms with van der Waals surface area (Å²) in [4.78, 5) is 27.2. The number of alkyl halides is 5. The molecule has 0 spiro atoms. The van der Waals surface area contributed by atoms with Crippen molar-refractivity contribution in [2.24, 2.45) is 0 Å². The van der Waals surface area contributed by atoms with Gasteiger partial charge >= 0.3 is 12.1 Å². The Bertz CT molecular complexity index is 1340. The van der Waals surface area contributed by atoms with Crippen molar-refractivity contribution in [3.63, 3.8) is 0 Å². The minimum Gasteiger partial charge on any atom is -0.319 e. The third kappa shape index (κ3) is 4.21.